The second kappa shape index (κ2) is 7.95. The van der Waals surface area contributed by atoms with Crippen LogP contribution in [0.3, 0.4) is 0 Å². The zero-order valence-corrected chi connectivity index (χ0v) is 15.2. The summed E-state index contributed by atoms with van der Waals surface area (Å²) in [6.07, 6.45) is 0.778. The molecule has 26 heavy (non-hydrogen) atoms. The molecule has 3 aromatic rings. The van der Waals surface area contributed by atoms with Crippen molar-refractivity contribution in [3.63, 3.8) is 0 Å². The minimum absolute atomic E-state index is 0.148. The number of fused-ring (bicyclic) bond motifs is 1. The highest BCUT2D eigenvalue weighted by molar-refractivity contribution is 6.04. The van der Waals surface area contributed by atoms with Crippen molar-refractivity contribution in [3.8, 4) is 0 Å². The van der Waals surface area contributed by atoms with Crippen molar-refractivity contribution in [2.75, 3.05) is 6.54 Å². The van der Waals surface area contributed by atoms with E-state index in [1.54, 1.807) is 17.0 Å². The van der Waals surface area contributed by atoms with Gasteiger partial charge in [-0.05, 0) is 25.0 Å². The smallest absolute Gasteiger partial charge is 0.275 e. The number of rotatable bonds is 6. The van der Waals surface area contributed by atoms with E-state index in [0.717, 1.165) is 12.0 Å². The largest absolute Gasteiger partial charge is 0.333 e. The number of hydrogen-bond donors (Lipinski definition) is 0. The van der Waals surface area contributed by atoms with Crippen LogP contribution in [0, 0.1) is 0 Å². The zero-order valence-electron chi connectivity index (χ0n) is 15.2. The molecule has 5 nitrogen and oxygen atoms in total. The molecule has 0 atom stereocenters. The van der Waals surface area contributed by atoms with Crippen molar-refractivity contribution in [2.45, 2.75) is 33.4 Å². The Balaban J connectivity index is 2.06. The summed E-state index contributed by atoms with van der Waals surface area (Å²) in [5.41, 5.74) is 1.26. The molecule has 0 aliphatic heterocycles. The summed E-state index contributed by atoms with van der Waals surface area (Å²) in [5, 5.41) is 5.56. The second-order valence-electron chi connectivity index (χ2n) is 6.23. The third-order valence-corrected chi connectivity index (χ3v) is 4.39. The molecule has 134 valence electrons. The monoisotopic (exact) mass is 349 g/mol. The quantitative estimate of drug-likeness (QED) is 0.685. The molecular weight excluding hydrogens is 326 g/mol. The van der Waals surface area contributed by atoms with Crippen molar-refractivity contribution in [2.24, 2.45) is 0 Å². The van der Waals surface area contributed by atoms with Crippen molar-refractivity contribution >= 4 is 16.7 Å². The van der Waals surface area contributed by atoms with Gasteiger partial charge in [-0.25, -0.2) is 4.68 Å². The van der Waals surface area contributed by atoms with Gasteiger partial charge in [0, 0.05) is 25.0 Å². The summed E-state index contributed by atoms with van der Waals surface area (Å²) in [7, 11) is 0. The van der Waals surface area contributed by atoms with Crippen LogP contribution in [-0.4, -0.2) is 27.1 Å². The molecule has 0 saturated heterocycles. The molecule has 0 aliphatic rings. The van der Waals surface area contributed by atoms with Crippen LogP contribution in [0.1, 0.15) is 36.3 Å². The lowest BCUT2D eigenvalue weighted by Gasteiger charge is -2.21. The third-order valence-electron chi connectivity index (χ3n) is 4.39. The first-order chi connectivity index (χ1) is 12.7. The first-order valence-electron chi connectivity index (χ1n) is 8.98. The molecule has 0 radical (unpaired) electrons. The predicted molar refractivity (Wildman–Crippen MR) is 103 cm³/mol. The molecule has 0 saturated carbocycles. The van der Waals surface area contributed by atoms with Gasteiger partial charge in [-0.3, -0.25) is 9.59 Å². The molecular formula is C21H23N3O2. The standard InChI is InChI=1S/C21H23N3O2/c1-3-14-24-20(25)18-13-9-8-12-17(18)19(22-24)21(26)23(4-2)15-16-10-6-5-7-11-16/h5-13H,3-4,14-15H2,1-2H3. The number of amides is 1. The Labute approximate surface area is 152 Å². The van der Waals surface area contributed by atoms with E-state index in [-0.39, 0.29) is 11.5 Å². The zero-order chi connectivity index (χ0) is 18.5. The van der Waals surface area contributed by atoms with Gasteiger partial charge in [0.1, 0.15) is 0 Å². The van der Waals surface area contributed by atoms with Gasteiger partial charge < -0.3 is 4.90 Å². The SMILES string of the molecule is CCCn1nc(C(=O)N(CC)Cc2ccccc2)c2ccccc2c1=O. The molecule has 0 spiro atoms. The van der Waals surface area contributed by atoms with E-state index < -0.39 is 0 Å². The van der Waals surface area contributed by atoms with Crippen LogP contribution in [0.2, 0.25) is 0 Å². The van der Waals surface area contributed by atoms with Crippen LogP contribution in [0.15, 0.2) is 59.4 Å². The van der Waals surface area contributed by atoms with Crippen LogP contribution in [0.25, 0.3) is 10.8 Å². The topological polar surface area (TPSA) is 55.2 Å². The molecule has 0 bridgehead atoms. The van der Waals surface area contributed by atoms with E-state index in [2.05, 4.69) is 5.10 Å². The second-order valence-corrected chi connectivity index (χ2v) is 6.23. The van der Waals surface area contributed by atoms with Crippen molar-refractivity contribution < 1.29 is 4.79 Å². The van der Waals surface area contributed by atoms with Crippen LogP contribution in [0.5, 0.6) is 0 Å². The third kappa shape index (κ3) is 3.52. The molecule has 1 aromatic heterocycles. The fourth-order valence-corrected chi connectivity index (χ4v) is 3.04. The Hall–Kier alpha value is -2.95. The number of hydrogen-bond acceptors (Lipinski definition) is 3. The minimum Gasteiger partial charge on any atom is -0.333 e. The van der Waals surface area contributed by atoms with Gasteiger partial charge in [0.25, 0.3) is 11.5 Å². The van der Waals surface area contributed by atoms with E-state index in [1.165, 1.54) is 4.68 Å². The number of benzene rings is 2. The van der Waals surface area contributed by atoms with Crippen molar-refractivity contribution in [1.29, 1.82) is 0 Å². The maximum atomic E-state index is 13.2. The highest BCUT2D eigenvalue weighted by Gasteiger charge is 2.21. The summed E-state index contributed by atoms with van der Waals surface area (Å²) in [4.78, 5) is 27.6. The van der Waals surface area contributed by atoms with Gasteiger partial charge in [0.2, 0.25) is 0 Å². The van der Waals surface area contributed by atoms with Crippen LogP contribution in [0.4, 0.5) is 0 Å². The van der Waals surface area contributed by atoms with Gasteiger partial charge in [0.15, 0.2) is 5.69 Å². The Morgan fingerprint density at radius 1 is 1.00 bits per heavy atom. The van der Waals surface area contributed by atoms with E-state index >= 15 is 0 Å². The molecule has 2 aromatic carbocycles. The highest BCUT2D eigenvalue weighted by Crippen LogP contribution is 2.17. The molecule has 1 heterocycles. The van der Waals surface area contributed by atoms with E-state index in [9.17, 15) is 9.59 Å². The lowest BCUT2D eigenvalue weighted by molar-refractivity contribution is 0.0746. The molecule has 0 aliphatic carbocycles. The van der Waals surface area contributed by atoms with E-state index in [0.29, 0.717) is 36.1 Å². The van der Waals surface area contributed by atoms with Gasteiger partial charge in [-0.1, -0.05) is 55.5 Å². The minimum atomic E-state index is -0.155. The summed E-state index contributed by atoms with van der Waals surface area (Å²) in [6.45, 7) is 5.51. The van der Waals surface area contributed by atoms with Crippen molar-refractivity contribution in [1.82, 2.24) is 14.7 Å². The number of carbonyl (C=O) groups is 1. The normalized spacial score (nSPS) is 10.8. The Kier molecular flexibility index (Phi) is 5.46. The summed E-state index contributed by atoms with van der Waals surface area (Å²) in [6, 6.07) is 17.1. The van der Waals surface area contributed by atoms with E-state index in [1.807, 2.05) is 56.3 Å². The van der Waals surface area contributed by atoms with Gasteiger partial charge in [-0.2, -0.15) is 5.10 Å². The van der Waals surface area contributed by atoms with Gasteiger partial charge in [-0.15, -0.1) is 0 Å². The Bertz CT molecular complexity index is 964. The van der Waals surface area contributed by atoms with Crippen LogP contribution in [-0.2, 0) is 13.1 Å². The fourth-order valence-electron chi connectivity index (χ4n) is 3.04. The average molecular weight is 349 g/mol. The number of carbonyl (C=O) groups excluding carboxylic acids is 1. The molecule has 1 amide bonds. The molecule has 5 heteroatoms. The predicted octanol–water partition coefficient (Wildman–Crippen LogP) is 3.47. The van der Waals surface area contributed by atoms with E-state index in [4.69, 9.17) is 0 Å². The lowest BCUT2D eigenvalue weighted by Crippen LogP contribution is -2.34. The Morgan fingerprint density at radius 3 is 2.31 bits per heavy atom. The molecule has 0 N–H and O–H groups in total. The summed E-state index contributed by atoms with van der Waals surface area (Å²) < 4.78 is 1.41. The van der Waals surface area contributed by atoms with Gasteiger partial charge in [0.05, 0.1) is 5.39 Å². The van der Waals surface area contributed by atoms with Crippen LogP contribution < -0.4 is 5.56 Å². The molecule has 3 rings (SSSR count). The highest BCUT2D eigenvalue weighted by atomic mass is 16.2. The number of nitrogens with zero attached hydrogens (tertiary/aromatic N) is 3. The fraction of sp³-hybridized carbons (Fsp3) is 0.286. The first-order valence-corrected chi connectivity index (χ1v) is 8.98. The first kappa shape index (κ1) is 17.9. The maximum Gasteiger partial charge on any atom is 0.275 e. The summed E-state index contributed by atoms with van der Waals surface area (Å²) in [5.74, 6) is -0.155. The molecule has 0 unspecified atom stereocenters. The van der Waals surface area contributed by atoms with Crippen molar-refractivity contribution in [3.05, 3.63) is 76.2 Å². The maximum absolute atomic E-state index is 13.2. The van der Waals surface area contributed by atoms with Crippen LogP contribution >= 0.6 is 0 Å². The number of aromatic nitrogens is 2. The average Bonchev–Trinajstić information content (AvgIpc) is 2.69. The molecule has 0 fully saturated rings. The van der Waals surface area contributed by atoms with Gasteiger partial charge >= 0.3 is 0 Å². The Morgan fingerprint density at radius 2 is 1.65 bits per heavy atom. The lowest BCUT2D eigenvalue weighted by atomic mass is 10.1. The number of aryl methyl sites for hydroxylation is 1. The summed E-state index contributed by atoms with van der Waals surface area (Å²) >= 11 is 0.